The number of ether oxygens (including phenoxy) is 1. The van der Waals surface area contributed by atoms with E-state index in [0.717, 1.165) is 25.0 Å². The zero-order valence-electron chi connectivity index (χ0n) is 7.72. The minimum absolute atomic E-state index is 0.857. The van der Waals surface area contributed by atoms with Gasteiger partial charge in [-0.05, 0) is 44.2 Å². The van der Waals surface area contributed by atoms with E-state index in [1.807, 2.05) is 0 Å². The summed E-state index contributed by atoms with van der Waals surface area (Å²) in [5, 5.41) is 3.52. The van der Waals surface area contributed by atoms with E-state index in [-0.39, 0.29) is 0 Å². The minimum Gasteiger partial charge on any atom is -0.381 e. The van der Waals surface area contributed by atoms with Crippen LogP contribution < -0.4 is 5.32 Å². The van der Waals surface area contributed by atoms with Gasteiger partial charge >= 0.3 is 0 Å². The van der Waals surface area contributed by atoms with Crippen LogP contribution in [-0.2, 0) is 4.74 Å². The predicted octanol–water partition coefficient (Wildman–Crippen LogP) is 1.41. The molecule has 0 aliphatic carbocycles. The van der Waals surface area contributed by atoms with Crippen LogP contribution in [-0.4, -0.2) is 26.3 Å². The van der Waals surface area contributed by atoms with Crippen molar-refractivity contribution < 1.29 is 4.74 Å². The summed E-state index contributed by atoms with van der Waals surface area (Å²) < 4.78 is 5.42. The molecule has 2 rings (SSSR count). The molecular weight excluding hydrogens is 150 g/mol. The van der Waals surface area contributed by atoms with Gasteiger partial charge in [-0.15, -0.1) is 0 Å². The van der Waals surface area contributed by atoms with Crippen molar-refractivity contribution >= 4 is 0 Å². The lowest BCUT2D eigenvalue weighted by atomic mass is 9.88. The van der Waals surface area contributed by atoms with Gasteiger partial charge in [0.25, 0.3) is 0 Å². The third kappa shape index (κ3) is 1.99. The maximum atomic E-state index is 5.42. The molecule has 0 saturated carbocycles. The summed E-state index contributed by atoms with van der Waals surface area (Å²) in [6, 6.07) is 0. The van der Waals surface area contributed by atoms with Gasteiger partial charge in [0.05, 0.1) is 0 Å². The van der Waals surface area contributed by atoms with E-state index >= 15 is 0 Å². The van der Waals surface area contributed by atoms with Gasteiger partial charge in [0, 0.05) is 13.2 Å². The van der Waals surface area contributed by atoms with Gasteiger partial charge in [-0.1, -0.05) is 6.42 Å². The summed E-state index contributed by atoms with van der Waals surface area (Å²) in [4.78, 5) is 0. The van der Waals surface area contributed by atoms with E-state index in [4.69, 9.17) is 4.74 Å². The third-order valence-electron chi connectivity index (χ3n) is 3.22. The van der Waals surface area contributed by atoms with E-state index in [0.29, 0.717) is 0 Å². The molecule has 0 aromatic carbocycles. The lowest BCUT2D eigenvalue weighted by Gasteiger charge is -2.19. The van der Waals surface area contributed by atoms with Gasteiger partial charge in [0.1, 0.15) is 0 Å². The second-order valence-electron chi connectivity index (χ2n) is 4.08. The van der Waals surface area contributed by atoms with E-state index < -0.39 is 0 Å². The molecule has 2 heteroatoms. The molecule has 2 fully saturated rings. The Morgan fingerprint density at radius 1 is 1.08 bits per heavy atom. The maximum Gasteiger partial charge on any atom is 0.0498 e. The Morgan fingerprint density at radius 3 is 2.92 bits per heavy atom. The predicted molar refractivity (Wildman–Crippen MR) is 49.1 cm³/mol. The first-order valence-electron chi connectivity index (χ1n) is 5.25. The average Bonchev–Trinajstić information content (AvgIpc) is 2.48. The van der Waals surface area contributed by atoms with Crippen molar-refractivity contribution in [2.75, 3.05) is 26.3 Å². The SMILES string of the molecule is C1CCC(C2CCOC2)CNC1. The Labute approximate surface area is 74.7 Å². The van der Waals surface area contributed by atoms with Gasteiger partial charge < -0.3 is 10.1 Å². The Balaban J connectivity index is 1.83. The van der Waals surface area contributed by atoms with E-state index in [1.165, 1.54) is 38.8 Å². The molecule has 2 aliphatic heterocycles. The average molecular weight is 169 g/mol. The van der Waals surface area contributed by atoms with E-state index in [2.05, 4.69) is 5.32 Å². The molecule has 0 aromatic rings. The van der Waals surface area contributed by atoms with Gasteiger partial charge in [0.2, 0.25) is 0 Å². The second-order valence-corrected chi connectivity index (χ2v) is 4.08. The molecule has 0 radical (unpaired) electrons. The van der Waals surface area contributed by atoms with Crippen molar-refractivity contribution in [3.8, 4) is 0 Å². The highest BCUT2D eigenvalue weighted by atomic mass is 16.5. The summed E-state index contributed by atoms with van der Waals surface area (Å²) in [7, 11) is 0. The van der Waals surface area contributed by atoms with Crippen LogP contribution in [0.2, 0.25) is 0 Å². The lowest BCUT2D eigenvalue weighted by molar-refractivity contribution is 0.170. The Morgan fingerprint density at radius 2 is 2.08 bits per heavy atom. The smallest absolute Gasteiger partial charge is 0.0498 e. The largest absolute Gasteiger partial charge is 0.381 e. The first kappa shape index (κ1) is 8.52. The van der Waals surface area contributed by atoms with Crippen LogP contribution in [0.4, 0.5) is 0 Å². The lowest BCUT2D eigenvalue weighted by Crippen LogP contribution is -2.26. The van der Waals surface area contributed by atoms with Gasteiger partial charge in [-0.3, -0.25) is 0 Å². The van der Waals surface area contributed by atoms with Gasteiger partial charge in [-0.2, -0.15) is 0 Å². The molecule has 2 aliphatic rings. The zero-order chi connectivity index (χ0) is 8.23. The third-order valence-corrected chi connectivity index (χ3v) is 3.22. The molecule has 2 atom stereocenters. The van der Waals surface area contributed by atoms with Crippen molar-refractivity contribution in [3.05, 3.63) is 0 Å². The standard InChI is InChI=1S/C10H19NO/c1-2-5-11-7-9(3-1)10-4-6-12-8-10/h9-11H,1-8H2. The molecule has 0 bridgehead atoms. The second kappa shape index (κ2) is 4.24. The molecule has 2 nitrogen and oxygen atoms in total. The van der Waals surface area contributed by atoms with Crippen molar-refractivity contribution in [1.29, 1.82) is 0 Å². The summed E-state index contributed by atoms with van der Waals surface area (Å²) in [6.07, 6.45) is 5.49. The van der Waals surface area contributed by atoms with E-state index in [9.17, 15) is 0 Å². The molecule has 1 N–H and O–H groups in total. The van der Waals surface area contributed by atoms with Crippen LogP contribution in [0.5, 0.6) is 0 Å². The van der Waals surface area contributed by atoms with Crippen molar-refractivity contribution in [3.63, 3.8) is 0 Å². The highest BCUT2D eigenvalue weighted by molar-refractivity contribution is 4.77. The Bertz CT molecular complexity index is 124. The highest BCUT2D eigenvalue weighted by Crippen LogP contribution is 2.26. The summed E-state index contributed by atoms with van der Waals surface area (Å²) in [5.74, 6) is 1.76. The van der Waals surface area contributed by atoms with Crippen LogP contribution in [0.25, 0.3) is 0 Å². The summed E-state index contributed by atoms with van der Waals surface area (Å²) in [5.41, 5.74) is 0. The number of rotatable bonds is 1. The highest BCUT2D eigenvalue weighted by Gasteiger charge is 2.25. The fourth-order valence-corrected chi connectivity index (χ4v) is 2.37. The topological polar surface area (TPSA) is 21.3 Å². The molecule has 0 amide bonds. The minimum atomic E-state index is 0.857. The van der Waals surface area contributed by atoms with Crippen molar-refractivity contribution in [1.82, 2.24) is 5.32 Å². The zero-order valence-corrected chi connectivity index (χ0v) is 7.72. The van der Waals surface area contributed by atoms with Crippen molar-refractivity contribution in [2.24, 2.45) is 11.8 Å². The van der Waals surface area contributed by atoms with Crippen molar-refractivity contribution in [2.45, 2.75) is 25.7 Å². The maximum absolute atomic E-state index is 5.42. The summed E-state index contributed by atoms with van der Waals surface area (Å²) >= 11 is 0. The molecule has 0 aromatic heterocycles. The van der Waals surface area contributed by atoms with E-state index in [1.54, 1.807) is 0 Å². The molecule has 12 heavy (non-hydrogen) atoms. The van der Waals surface area contributed by atoms with Crippen LogP contribution in [0.15, 0.2) is 0 Å². The number of hydrogen-bond donors (Lipinski definition) is 1. The molecule has 2 heterocycles. The monoisotopic (exact) mass is 169 g/mol. The summed E-state index contributed by atoms with van der Waals surface area (Å²) in [6.45, 7) is 4.48. The number of nitrogens with one attached hydrogen (secondary N) is 1. The van der Waals surface area contributed by atoms with Crippen LogP contribution >= 0.6 is 0 Å². The Kier molecular flexibility index (Phi) is 3.01. The number of hydrogen-bond acceptors (Lipinski definition) is 2. The van der Waals surface area contributed by atoms with Gasteiger partial charge in [0.15, 0.2) is 0 Å². The normalized spacial score (nSPS) is 38.0. The van der Waals surface area contributed by atoms with Crippen LogP contribution in [0, 0.1) is 11.8 Å². The van der Waals surface area contributed by atoms with Gasteiger partial charge in [-0.25, -0.2) is 0 Å². The first-order valence-corrected chi connectivity index (χ1v) is 5.25. The first-order chi connectivity index (χ1) is 5.97. The fourth-order valence-electron chi connectivity index (χ4n) is 2.37. The Hall–Kier alpha value is -0.0800. The molecular formula is C10H19NO. The molecule has 70 valence electrons. The molecule has 0 spiro atoms. The molecule has 2 saturated heterocycles. The van der Waals surface area contributed by atoms with Crippen LogP contribution in [0.3, 0.4) is 0 Å². The molecule has 2 unspecified atom stereocenters. The fraction of sp³-hybridized carbons (Fsp3) is 1.00. The quantitative estimate of drug-likeness (QED) is 0.641. The van der Waals surface area contributed by atoms with Crippen LogP contribution in [0.1, 0.15) is 25.7 Å².